The molecule has 4 rings (SSSR count). The fourth-order valence-electron chi connectivity index (χ4n) is 3.41. The number of halogens is 2. The van der Waals surface area contributed by atoms with Gasteiger partial charge in [0.25, 0.3) is 0 Å². The topological polar surface area (TPSA) is 50.3 Å². The van der Waals surface area contributed by atoms with Gasteiger partial charge in [0.15, 0.2) is 0 Å². The summed E-state index contributed by atoms with van der Waals surface area (Å²) in [6.07, 6.45) is 4.00. The van der Waals surface area contributed by atoms with Gasteiger partial charge in [0.05, 0.1) is 9.99 Å². The molecule has 0 atom stereocenters. The van der Waals surface area contributed by atoms with Crippen LogP contribution in [0.15, 0.2) is 59.3 Å². The van der Waals surface area contributed by atoms with Crippen molar-refractivity contribution in [2.24, 2.45) is 0 Å². The highest BCUT2D eigenvalue weighted by molar-refractivity contribution is 14.1. The average molecular weight is 565 g/mol. The van der Waals surface area contributed by atoms with E-state index in [1.165, 1.54) is 0 Å². The lowest BCUT2D eigenvalue weighted by Crippen LogP contribution is -2.36. The molecule has 0 bridgehead atoms. The van der Waals surface area contributed by atoms with Crippen LogP contribution in [0.25, 0.3) is 10.9 Å². The molecule has 150 valence electrons. The SMILES string of the molecule is C=C(C)N1CCC(Oc2cc3nc(Nc4cccc(I)c4)ncc3cc2Br)CC1. The monoisotopic (exact) mass is 564 g/mol. The molecule has 0 radical (unpaired) electrons. The minimum atomic E-state index is 0.199. The Morgan fingerprint density at radius 1 is 1.28 bits per heavy atom. The zero-order valence-corrected chi connectivity index (χ0v) is 19.9. The number of hydrogen-bond donors (Lipinski definition) is 1. The number of piperidine rings is 1. The number of ether oxygens (including phenoxy) is 1. The van der Waals surface area contributed by atoms with Gasteiger partial charge in [-0.3, -0.25) is 0 Å². The molecular weight excluding hydrogens is 543 g/mol. The van der Waals surface area contributed by atoms with Gasteiger partial charge in [0.2, 0.25) is 5.95 Å². The first-order valence-electron chi connectivity index (χ1n) is 9.54. The van der Waals surface area contributed by atoms with Crippen molar-refractivity contribution in [1.82, 2.24) is 14.9 Å². The molecule has 2 aromatic carbocycles. The lowest BCUT2D eigenvalue weighted by atomic mass is 10.1. The van der Waals surface area contributed by atoms with Crippen LogP contribution in [-0.4, -0.2) is 34.1 Å². The standard InChI is InChI=1S/C22H22BrIN4O/c1-14(2)28-8-6-18(7-9-28)29-21-12-20-15(10-19(21)23)13-25-22(27-20)26-17-5-3-4-16(24)11-17/h3-5,10-13,18H,1,6-9H2,2H3,(H,25,26,27). The van der Waals surface area contributed by atoms with Gasteiger partial charge in [-0.25, -0.2) is 9.97 Å². The Balaban J connectivity index is 1.52. The molecule has 1 aliphatic rings. The fraction of sp³-hybridized carbons (Fsp3) is 0.273. The van der Waals surface area contributed by atoms with Crippen LogP contribution >= 0.6 is 38.5 Å². The van der Waals surface area contributed by atoms with Crippen LogP contribution in [0.5, 0.6) is 5.75 Å². The van der Waals surface area contributed by atoms with Crippen LogP contribution in [-0.2, 0) is 0 Å². The maximum atomic E-state index is 6.31. The van der Waals surface area contributed by atoms with Crippen molar-refractivity contribution < 1.29 is 4.74 Å². The Labute approximate surface area is 192 Å². The Morgan fingerprint density at radius 3 is 2.79 bits per heavy atom. The van der Waals surface area contributed by atoms with Gasteiger partial charge in [-0.2, -0.15) is 0 Å². The quantitative estimate of drug-likeness (QED) is 0.378. The maximum absolute atomic E-state index is 6.31. The van der Waals surface area contributed by atoms with Crippen molar-refractivity contribution in [1.29, 1.82) is 0 Å². The summed E-state index contributed by atoms with van der Waals surface area (Å²) in [5.41, 5.74) is 2.94. The predicted octanol–water partition coefficient (Wildman–Crippen LogP) is 6.12. The van der Waals surface area contributed by atoms with Crippen LogP contribution in [0.2, 0.25) is 0 Å². The molecule has 29 heavy (non-hydrogen) atoms. The Hall–Kier alpha value is -1.87. The van der Waals surface area contributed by atoms with Crippen molar-refractivity contribution in [3.8, 4) is 5.75 Å². The van der Waals surface area contributed by atoms with E-state index >= 15 is 0 Å². The minimum Gasteiger partial charge on any atom is -0.489 e. The molecule has 3 aromatic rings. The third-order valence-corrected chi connectivity index (χ3v) is 6.28. The molecule has 1 aliphatic heterocycles. The third-order valence-electron chi connectivity index (χ3n) is 4.99. The number of nitrogens with one attached hydrogen (secondary N) is 1. The van der Waals surface area contributed by atoms with Gasteiger partial charge in [0, 0.05) is 58.5 Å². The van der Waals surface area contributed by atoms with Crippen LogP contribution in [0.1, 0.15) is 19.8 Å². The van der Waals surface area contributed by atoms with Gasteiger partial charge < -0.3 is 15.0 Å². The summed E-state index contributed by atoms with van der Waals surface area (Å²) < 4.78 is 8.39. The lowest BCUT2D eigenvalue weighted by Gasteiger charge is -2.33. The van der Waals surface area contributed by atoms with E-state index in [-0.39, 0.29) is 6.10 Å². The second-order valence-electron chi connectivity index (χ2n) is 7.21. The molecule has 0 aliphatic carbocycles. The zero-order valence-electron chi connectivity index (χ0n) is 16.2. The summed E-state index contributed by atoms with van der Waals surface area (Å²) in [6.45, 7) is 8.06. The van der Waals surface area contributed by atoms with Crippen LogP contribution in [0.3, 0.4) is 0 Å². The van der Waals surface area contributed by atoms with Crippen molar-refractivity contribution >= 4 is 61.1 Å². The van der Waals surface area contributed by atoms with Gasteiger partial charge in [-0.05, 0) is 69.7 Å². The normalized spacial score (nSPS) is 14.8. The van der Waals surface area contributed by atoms with Crippen LogP contribution in [0.4, 0.5) is 11.6 Å². The first kappa shape index (κ1) is 20.4. The fourth-order valence-corrected chi connectivity index (χ4v) is 4.41. The van der Waals surface area contributed by atoms with E-state index in [1.54, 1.807) is 0 Å². The van der Waals surface area contributed by atoms with Crippen LogP contribution in [0, 0.1) is 3.57 Å². The van der Waals surface area contributed by atoms with E-state index in [0.717, 1.165) is 62.0 Å². The number of anilines is 2. The first-order chi connectivity index (χ1) is 14.0. The van der Waals surface area contributed by atoms with E-state index in [0.29, 0.717) is 5.95 Å². The summed E-state index contributed by atoms with van der Waals surface area (Å²) in [5, 5.41) is 4.24. The largest absolute Gasteiger partial charge is 0.489 e. The molecule has 1 aromatic heterocycles. The van der Waals surface area contributed by atoms with Crippen molar-refractivity contribution in [2.45, 2.75) is 25.9 Å². The number of fused-ring (bicyclic) bond motifs is 1. The molecule has 0 unspecified atom stereocenters. The van der Waals surface area contributed by atoms with Gasteiger partial charge in [-0.1, -0.05) is 12.6 Å². The van der Waals surface area contributed by atoms with Crippen LogP contribution < -0.4 is 10.1 Å². The number of hydrogen-bond acceptors (Lipinski definition) is 5. The molecule has 0 spiro atoms. The second-order valence-corrected chi connectivity index (χ2v) is 9.31. The summed E-state index contributed by atoms with van der Waals surface area (Å²) in [4.78, 5) is 11.4. The molecule has 7 heteroatoms. The minimum absolute atomic E-state index is 0.199. The molecule has 5 nitrogen and oxygen atoms in total. The van der Waals surface area contributed by atoms with E-state index in [1.807, 2.05) is 30.5 Å². The summed E-state index contributed by atoms with van der Waals surface area (Å²) >= 11 is 5.93. The molecule has 2 heterocycles. The van der Waals surface area contributed by atoms with Crippen molar-refractivity contribution in [3.63, 3.8) is 0 Å². The molecule has 0 amide bonds. The van der Waals surface area contributed by atoms with Crippen molar-refractivity contribution in [3.05, 3.63) is 62.9 Å². The number of benzene rings is 2. The molecule has 1 fully saturated rings. The third kappa shape index (κ3) is 5.01. The second kappa shape index (κ2) is 8.87. The maximum Gasteiger partial charge on any atom is 0.227 e. The average Bonchev–Trinajstić information content (AvgIpc) is 2.69. The van der Waals surface area contributed by atoms with E-state index in [2.05, 4.69) is 84.3 Å². The van der Waals surface area contributed by atoms with Crippen molar-refractivity contribution in [2.75, 3.05) is 18.4 Å². The molecule has 1 N–H and O–H groups in total. The highest BCUT2D eigenvalue weighted by Crippen LogP contribution is 2.32. The number of aromatic nitrogens is 2. The number of rotatable bonds is 5. The smallest absolute Gasteiger partial charge is 0.227 e. The van der Waals surface area contributed by atoms with E-state index in [4.69, 9.17) is 4.74 Å². The highest BCUT2D eigenvalue weighted by Gasteiger charge is 2.21. The summed E-state index contributed by atoms with van der Waals surface area (Å²) in [7, 11) is 0. The van der Waals surface area contributed by atoms with Gasteiger partial charge in [-0.15, -0.1) is 0 Å². The first-order valence-corrected chi connectivity index (χ1v) is 11.4. The molecule has 0 saturated carbocycles. The highest BCUT2D eigenvalue weighted by atomic mass is 127. The van der Waals surface area contributed by atoms with E-state index < -0.39 is 0 Å². The lowest BCUT2D eigenvalue weighted by molar-refractivity contribution is 0.117. The Kier molecular flexibility index (Phi) is 6.24. The van der Waals surface area contributed by atoms with Gasteiger partial charge >= 0.3 is 0 Å². The summed E-state index contributed by atoms with van der Waals surface area (Å²) in [6, 6.07) is 12.1. The Bertz CT molecular complexity index is 1050. The number of allylic oxidation sites excluding steroid dienone is 1. The van der Waals surface area contributed by atoms with E-state index in [9.17, 15) is 0 Å². The summed E-state index contributed by atoms with van der Waals surface area (Å²) in [5.74, 6) is 1.40. The van der Waals surface area contributed by atoms with Gasteiger partial charge in [0.1, 0.15) is 11.9 Å². The number of likely N-dealkylation sites (tertiary alicyclic amines) is 1. The molecular formula is C22H22BrIN4O. The number of nitrogens with zero attached hydrogens (tertiary/aromatic N) is 3. The Morgan fingerprint density at radius 2 is 2.07 bits per heavy atom. The predicted molar refractivity (Wildman–Crippen MR) is 130 cm³/mol. The zero-order chi connectivity index (χ0) is 20.4. The molecule has 1 saturated heterocycles.